The number of amides is 1. The van der Waals surface area contributed by atoms with Crippen molar-refractivity contribution in [3.8, 4) is 0 Å². The van der Waals surface area contributed by atoms with Crippen LogP contribution in [0.5, 0.6) is 0 Å². The van der Waals surface area contributed by atoms with E-state index in [-0.39, 0.29) is 17.0 Å². The first kappa shape index (κ1) is 16.5. The van der Waals surface area contributed by atoms with Crippen molar-refractivity contribution < 1.29 is 4.79 Å². The van der Waals surface area contributed by atoms with E-state index >= 15 is 0 Å². The van der Waals surface area contributed by atoms with Crippen molar-refractivity contribution in [2.24, 2.45) is 0 Å². The van der Waals surface area contributed by atoms with Crippen molar-refractivity contribution >= 4 is 23.2 Å². The van der Waals surface area contributed by atoms with Crippen molar-refractivity contribution in [1.29, 1.82) is 0 Å². The number of carbonyl (C=O) groups excluding carboxylic acids is 1. The molecule has 1 atom stereocenters. The van der Waals surface area contributed by atoms with Gasteiger partial charge in [0.25, 0.3) is 5.56 Å². The molecule has 6 nitrogen and oxygen atoms in total. The van der Waals surface area contributed by atoms with Crippen LogP contribution in [0, 0.1) is 0 Å². The van der Waals surface area contributed by atoms with Gasteiger partial charge in [0.15, 0.2) is 0 Å². The lowest BCUT2D eigenvalue weighted by Crippen LogP contribution is -2.34. The number of aromatic nitrogens is 2. The van der Waals surface area contributed by atoms with Gasteiger partial charge in [-0.2, -0.15) is 5.10 Å². The predicted molar refractivity (Wildman–Crippen MR) is 93.2 cm³/mol. The highest BCUT2D eigenvalue weighted by molar-refractivity contribution is 6.33. The van der Waals surface area contributed by atoms with E-state index in [0.717, 1.165) is 19.4 Å². The van der Waals surface area contributed by atoms with Crippen LogP contribution >= 0.6 is 11.6 Å². The lowest BCUT2D eigenvalue weighted by Gasteiger charge is -2.17. The number of H-pyrrole nitrogens is 1. The van der Waals surface area contributed by atoms with Crippen molar-refractivity contribution in [3.63, 3.8) is 0 Å². The second-order valence-corrected chi connectivity index (χ2v) is 6.20. The Labute approximate surface area is 144 Å². The molecule has 0 bridgehead atoms. The van der Waals surface area contributed by atoms with Gasteiger partial charge in [0, 0.05) is 13.1 Å². The first-order valence-corrected chi connectivity index (χ1v) is 8.35. The minimum absolute atomic E-state index is 0.0281. The van der Waals surface area contributed by atoms with Crippen LogP contribution < -0.4 is 10.9 Å². The largest absolute Gasteiger partial charge is 0.371 e. The summed E-state index contributed by atoms with van der Waals surface area (Å²) in [7, 11) is 0. The molecule has 1 fully saturated rings. The van der Waals surface area contributed by atoms with E-state index in [4.69, 9.17) is 11.6 Å². The van der Waals surface area contributed by atoms with Crippen LogP contribution in [0.2, 0.25) is 5.02 Å². The molecule has 1 aliphatic heterocycles. The van der Waals surface area contributed by atoms with Crippen LogP contribution in [0.25, 0.3) is 0 Å². The number of likely N-dealkylation sites (tertiary alicyclic amines) is 1. The summed E-state index contributed by atoms with van der Waals surface area (Å²) in [5.74, 6) is 0.0411. The molecule has 1 aromatic heterocycles. The average Bonchev–Trinajstić information content (AvgIpc) is 2.93. The van der Waals surface area contributed by atoms with Gasteiger partial charge in [0.2, 0.25) is 5.91 Å². The summed E-state index contributed by atoms with van der Waals surface area (Å²) < 4.78 is 0. The summed E-state index contributed by atoms with van der Waals surface area (Å²) in [5.41, 5.74) is 1.21. The highest BCUT2D eigenvalue weighted by atomic mass is 35.5. The number of nitrogens with zero attached hydrogens (tertiary/aromatic N) is 2. The van der Waals surface area contributed by atoms with Gasteiger partial charge in [-0.1, -0.05) is 41.9 Å². The molecule has 1 unspecified atom stereocenters. The second kappa shape index (κ2) is 7.49. The number of benzene rings is 1. The zero-order chi connectivity index (χ0) is 16.9. The van der Waals surface area contributed by atoms with Gasteiger partial charge in [0.05, 0.1) is 11.9 Å². The fourth-order valence-electron chi connectivity index (χ4n) is 2.89. The minimum Gasteiger partial charge on any atom is -0.371 e. The lowest BCUT2D eigenvalue weighted by atomic mass is 10.1. The van der Waals surface area contributed by atoms with Crippen LogP contribution in [0.3, 0.4) is 0 Å². The maximum atomic E-state index is 12.5. The first-order chi connectivity index (χ1) is 11.6. The van der Waals surface area contributed by atoms with Gasteiger partial charge >= 0.3 is 0 Å². The fourth-order valence-corrected chi connectivity index (χ4v) is 3.03. The van der Waals surface area contributed by atoms with E-state index in [9.17, 15) is 9.59 Å². The normalized spacial score (nSPS) is 17.3. The number of rotatable bonds is 6. The van der Waals surface area contributed by atoms with Gasteiger partial charge in [-0.3, -0.25) is 9.59 Å². The third-order valence-corrected chi connectivity index (χ3v) is 4.53. The molecule has 24 heavy (non-hydrogen) atoms. The number of aromatic amines is 1. The molecule has 0 spiro atoms. The molecule has 2 heterocycles. The van der Waals surface area contributed by atoms with Gasteiger partial charge in [0.1, 0.15) is 11.1 Å². The van der Waals surface area contributed by atoms with E-state index in [0.29, 0.717) is 18.7 Å². The molecule has 0 aliphatic carbocycles. The molecule has 2 aromatic rings. The Morgan fingerprint density at radius 3 is 2.88 bits per heavy atom. The smallest absolute Gasteiger partial charge is 0.285 e. The molecule has 126 valence electrons. The minimum atomic E-state index is -0.466. The Morgan fingerprint density at radius 2 is 2.08 bits per heavy atom. The number of hydrogen-bond acceptors (Lipinski definition) is 4. The molecule has 7 heteroatoms. The number of halogens is 1. The fraction of sp³-hybridized carbons (Fsp3) is 0.353. The maximum absolute atomic E-state index is 12.5. The van der Waals surface area contributed by atoms with Gasteiger partial charge in [-0.15, -0.1) is 0 Å². The van der Waals surface area contributed by atoms with Crippen molar-refractivity contribution in [1.82, 2.24) is 15.1 Å². The molecule has 1 aromatic carbocycles. The molecule has 3 rings (SSSR count). The molecule has 1 amide bonds. The summed E-state index contributed by atoms with van der Waals surface area (Å²) in [4.78, 5) is 25.8. The standard InChI is InChI=1S/C17H19ClN4O2/c18-15-14(11-19-21-16(15)23)20-13-8-10-22(17(13)24)9-4-7-12-5-2-1-3-6-12/h1-3,5-6,11,13H,4,7-10H2,(H2,20,21,23). The quantitative estimate of drug-likeness (QED) is 0.839. The third-order valence-electron chi connectivity index (χ3n) is 4.16. The van der Waals surface area contributed by atoms with Crippen LogP contribution in [0.15, 0.2) is 41.3 Å². The Hall–Kier alpha value is -2.34. The summed E-state index contributed by atoms with van der Waals surface area (Å²) in [6.45, 7) is 1.44. The molecule has 0 radical (unpaired) electrons. The lowest BCUT2D eigenvalue weighted by molar-refractivity contribution is -0.128. The van der Waals surface area contributed by atoms with Crippen LogP contribution in [0.1, 0.15) is 18.4 Å². The number of anilines is 1. The third kappa shape index (κ3) is 3.76. The molecule has 1 aliphatic rings. The Kier molecular flexibility index (Phi) is 5.15. The van der Waals surface area contributed by atoms with Crippen molar-refractivity contribution in [2.75, 3.05) is 18.4 Å². The van der Waals surface area contributed by atoms with E-state index in [1.165, 1.54) is 11.8 Å². The van der Waals surface area contributed by atoms with Crippen molar-refractivity contribution in [2.45, 2.75) is 25.3 Å². The van der Waals surface area contributed by atoms with Gasteiger partial charge in [-0.25, -0.2) is 5.10 Å². The van der Waals surface area contributed by atoms with Gasteiger partial charge < -0.3 is 10.2 Å². The zero-order valence-electron chi connectivity index (χ0n) is 13.2. The number of hydrogen-bond donors (Lipinski definition) is 2. The van der Waals surface area contributed by atoms with Crippen LogP contribution in [-0.2, 0) is 11.2 Å². The molecule has 2 N–H and O–H groups in total. The Morgan fingerprint density at radius 1 is 1.29 bits per heavy atom. The zero-order valence-corrected chi connectivity index (χ0v) is 13.9. The second-order valence-electron chi connectivity index (χ2n) is 5.83. The number of aryl methyl sites for hydroxylation is 1. The average molecular weight is 347 g/mol. The topological polar surface area (TPSA) is 78.1 Å². The predicted octanol–water partition coefficient (Wildman–Crippen LogP) is 2.07. The summed E-state index contributed by atoms with van der Waals surface area (Å²) in [6, 6.07) is 9.88. The van der Waals surface area contributed by atoms with E-state index in [1.807, 2.05) is 23.1 Å². The molecule has 1 saturated heterocycles. The highest BCUT2D eigenvalue weighted by Gasteiger charge is 2.31. The Bertz CT molecular complexity index is 763. The summed E-state index contributed by atoms with van der Waals surface area (Å²) in [6.07, 6.45) is 3.99. The molecule has 0 saturated carbocycles. The molecular weight excluding hydrogens is 328 g/mol. The SMILES string of the molecule is O=C1C(Nc2cn[nH]c(=O)c2Cl)CCN1CCCc1ccccc1. The van der Waals surface area contributed by atoms with Gasteiger partial charge in [-0.05, 0) is 24.8 Å². The number of nitrogens with one attached hydrogen (secondary N) is 2. The van der Waals surface area contributed by atoms with Crippen LogP contribution in [-0.4, -0.2) is 40.1 Å². The number of carbonyl (C=O) groups is 1. The van der Waals surface area contributed by atoms with E-state index < -0.39 is 5.56 Å². The van der Waals surface area contributed by atoms with Crippen molar-refractivity contribution in [3.05, 3.63) is 57.5 Å². The van der Waals surface area contributed by atoms with E-state index in [2.05, 4.69) is 27.6 Å². The monoisotopic (exact) mass is 346 g/mol. The summed E-state index contributed by atoms with van der Waals surface area (Å²) in [5, 5.41) is 9.02. The Balaban J connectivity index is 1.53. The van der Waals surface area contributed by atoms with Crippen LogP contribution in [0.4, 0.5) is 5.69 Å². The summed E-state index contributed by atoms with van der Waals surface area (Å²) >= 11 is 5.94. The molecular formula is C17H19ClN4O2. The maximum Gasteiger partial charge on any atom is 0.285 e. The first-order valence-electron chi connectivity index (χ1n) is 7.97. The van der Waals surface area contributed by atoms with E-state index in [1.54, 1.807) is 0 Å². The highest BCUT2D eigenvalue weighted by Crippen LogP contribution is 2.21.